The average Bonchev–Trinajstić information content (AvgIpc) is 3.66. The van der Waals surface area contributed by atoms with Crippen LogP contribution in [0, 0.1) is 0 Å². The summed E-state index contributed by atoms with van der Waals surface area (Å²) in [5, 5.41) is 17.6. The quantitative estimate of drug-likeness (QED) is 0.317. The molecule has 0 aliphatic carbocycles. The lowest BCUT2D eigenvalue weighted by molar-refractivity contribution is -0.233. The van der Waals surface area contributed by atoms with Gasteiger partial charge in [-0.3, -0.25) is 0 Å². The van der Waals surface area contributed by atoms with Gasteiger partial charge in [0.25, 0.3) is 0 Å². The highest BCUT2D eigenvalue weighted by Gasteiger charge is 2.53. The monoisotopic (exact) mass is 568 g/mol. The number of rotatable bonds is 10. The number of urea groups is 1. The lowest BCUT2D eigenvalue weighted by atomic mass is 9.94. The Bertz CT molecular complexity index is 1260. The summed E-state index contributed by atoms with van der Waals surface area (Å²) in [6.45, 7) is 0.124. The molecule has 2 aromatic carbocycles. The Morgan fingerprint density at radius 2 is 1.90 bits per heavy atom. The van der Waals surface area contributed by atoms with Gasteiger partial charge in [0.15, 0.2) is 6.10 Å². The molecular weight excluding hydrogens is 536 g/mol. The molecule has 1 aromatic heterocycles. The molecule has 11 heteroatoms. The van der Waals surface area contributed by atoms with Gasteiger partial charge in [-0.2, -0.15) is 0 Å². The number of hydrogen-bond donors (Lipinski definition) is 3. The van der Waals surface area contributed by atoms with Crippen LogP contribution in [0.2, 0.25) is 0 Å². The van der Waals surface area contributed by atoms with Gasteiger partial charge in [-0.1, -0.05) is 42.5 Å². The maximum absolute atomic E-state index is 12.9. The first-order chi connectivity index (χ1) is 19.5. The number of esters is 1. The zero-order valence-electron chi connectivity index (χ0n) is 21.9. The molecule has 0 saturated carbocycles. The van der Waals surface area contributed by atoms with E-state index in [9.17, 15) is 14.7 Å². The lowest BCUT2D eigenvalue weighted by Gasteiger charge is -2.42. The SMILES string of the molecule is COc1cccc(NC(=O)NCC2C[C@H]3O[C@H](CO)[C@@H](OC(=O)c4cccs4)[C@H](OCc4ccccc4)[C@H]3O2)c1. The van der Waals surface area contributed by atoms with Crippen LogP contribution in [0.25, 0.3) is 0 Å². The van der Waals surface area contributed by atoms with E-state index in [0.29, 0.717) is 22.7 Å². The first-order valence-electron chi connectivity index (χ1n) is 13.0. The molecule has 3 aromatic rings. The fraction of sp³-hybridized carbons (Fsp3) is 0.379. The molecule has 3 N–H and O–H groups in total. The number of aliphatic hydroxyl groups excluding tert-OH is 1. The molecule has 2 aliphatic rings. The third-order valence-electron chi connectivity index (χ3n) is 6.82. The number of aliphatic hydroxyl groups is 1. The van der Waals surface area contributed by atoms with E-state index in [0.717, 1.165) is 5.56 Å². The minimum Gasteiger partial charge on any atom is -0.497 e. The second kappa shape index (κ2) is 13.2. The summed E-state index contributed by atoms with van der Waals surface area (Å²) in [6, 6.07) is 19.7. The number of benzene rings is 2. The molecule has 0 radical (unpaired) electrons. The first-order valence-corrected chi connectivity index (χ1v) is 13.9. The normalized spacial score (nSPS) is 25.6. The summed E-state index contributed by atoms with van der Waals surface area (Å²) in [7, 11) is 1.56. The molecule has 212 valence electrons. The predicted molar refractivity (Wildman–Crippen MR) is 148 cm³/mol. The number of nitrogens with one attached hydrogen (secondary N) is 2. The molecule has 0 bridgehead atoms. The zero-order valence-corrected chi connectivity index (χ0v) is 22.8. The highest BCUT2D eigenvalue weighted by molar-refractivity contribution is 7.11. The summed E-state index contributed by atoms with van der Waals surface area (Å²) >= 11 is 1.27. The van der Waals surface area contributed by atoms with Crippen molar-refractivity contribution in [3.05, 3.63) is 82.6 Å². The van der Waals surface area contributed by atoms with Crippen molar-refractivity contribution in [2.24, 2.45) is 0 Å². The second-order valence-corrected chi connectivity index (χ2v) is 10.5. The molecule has 3 heterocycles. The Morgan fingerprint density at radius 1 is 1.05 bits per heavy atom. The number of thiophene rings is 1. The van der Waals surface area contributed by atoms with Crippen molar-refractivity contribution in [3.63, 3.8) is 0 Å². The number of anilines is 1. The largest absolute Gasteiger partial charge is 0.497 e. The minimum atomic E-state index is -0.896. The fourth-order valence-corrected chi connectivity index (χ4v) is 5.52. The van der Waals surface area contributed by atoms with E-state index in [-0.39, 0.29) is 31.9 Å². The van der Waals surface area contributed by atoms with Crippen LogP contribution in [-0.2, 0) is 25.6 Å². The van der Waals surface area contributed by atoms with Gasteiger partial charge in [0.2, 0.25) is 0 Å². The first kappa shape index (κ1) is 28.1. The van der Waals surface area contributed by atoms with Crippen molar-refractivity contribution in [2.45, 2.75) is 49.7 Å². The molecule has 0 spiro atoms. The van der Waals surface area contributed by atoms with E-state index in [1.807, 2.05) is 30.3 Å². The summed E-state index contributed by atoms with van der Waals surface area (Å²) in [5.41, 5.74) is 1.54. The minimum absolute atomic E-state index is 0.223. The number of carbonyl (C=O) groups is 2. The number of amides is 2. The third kappa shape index (κ3) is 6.80. The topological polar surface area (TPSA) is 125 Å². The number of hydrogen-bond acceptors (Lipinski definition) is 9. The Morgan fingerprint density at radius 3 is 2.65 bits per heavy atom. The summed E-state index contributed by atoms with van der Waals surface area (Å²) in [6.07, 6.45) is -3.28. The Kier molecular flexibility index (Phi) is 9.30. The van der Waals surface area contributed by atoms with Crippen LogP contribution in [0.15, 0.2) is 72.1 Å². The van der Waals surface area contributed by atoms with Gasteiger partial charge in [-0.25, -0.2) is 9.59 Å². The zero-order chi connectivity index (χ0) is 27.9. The van der Waals surface area contributed by atoms with E-state index in [1.54, 1.807) is 48.9 Å². The predicted octanol–water partition coefficient (Wildman–Crippen LogP) is 3.61. The van der Waals surface area contributed by atoms with Crippen molar-refractivity contribution >= 4 is 29.0 Å². The number of carbonyl (C=O) groups excluding carboxylic acids is 2. The van der Waals surface area contributed by atoms with Crippen molar-refractivity contribution < 1.29 is 38.4 Å². The number of fused-ring (bicyclic) bond motifs is 1. The number of ether oxygens (including phenoxy) is 5. The van der Waals surface area contributed by atoms with E-state index in [4.69, 9.17) is 23.7 Å². The molecule has 6 atom stereocenters. The highest BCUT2D eigenvalue weighted by atomic mass is 32.1. The van der Waals surface area contributed by atoms with Gasteiger partial charge in [-0.05, 0) is 29.1 Å². The molecule has 2 saturated heterocycles. The van der Waals surface area contributed by atoms with Crippen LogP contribution in [0.3, 0.4) is 0 Å². The molecule has 2 aliphatic heterocycles. The van der Waals surface area contributed by atoms with Crippen LogP contribution < -0.4 is 15.4 Å². The number of methoxy groups -OCH3 is 1. The Hall–Kier alpha value is -3.48. The average molecular weight is 569 g/mol. The molecule has 5 rings (SSSR count). The molecule has 1 unspecified atom stereocenters. The smallest absolute Gasteiger partial charge is 0.348 e. The maximum Gasteiger partial charge on any atom is 0.348 e. The standard InChI is InChI=1S/C29H32N2O8S/c1-35-20-10-5-9-19(13-20)31-29(34)30-15-21-14-22-25(37-21)27(36-17-18-7-3-2-4-8-18)26(23(16-32)38-22)39-28(33)24-11-6-12-40-24/h2-13,21-23,25-27,32H,14-17H2,1H3,(H2,30,31,34)/t21?,22-,23-,25+,26-,27-/m1/s1. The van der Waals surface area contributed by atoms with Gasteiger partial charge < -0.3 is 39.4 Å². The molecule has 2 fully saturated rings. The van der Waals surface area contributed by atoms with Crippen molar-refractivity contribution in [3.8, 4) is 5.75 Å². The van der Waals surface area contributed by atoms with E-state index >= 15 is 0 Å². The highest BCUT2D eigenvalue weighted by Crippen LogP contribution is 2.36. The van der Waals surface area contributed by atoms with Crippen molar-refractivity contribution in [1.82, 2.24) is 5.32 Å². The Labute approximate surface area is 236 Å². The third-order valence-corrected chi connectivity index (χ3v) is 7.67. The summed E-state index contributed by atoms with van der Waals surface area (Å²) < 4.78 is 29.8. The maximum atomic E-state index is 12.9. The molecular formula is C29H32N2O8S. The van der Waals surface area contributed by atoms with Crippen LogP contribution in [0.5, 0.6) is 5.75 Å². The van der Waals surface area contributed by atoms with Crippen LogP contribution >= 0.6 is 11.3 Å². The van der Waals surface area contributed by atoms with Gasteiger partial charge in [-0.15, -0.1) is 11.3 Å². The molecule has 2 amide bonds. The van der Waals surface area contributed by atoms with E-state index in [1.165, 1.54) is 11.3 Å². The van der Waals surface area contributed by atoms with Crippen LogP contribution in [0.4, 0.5) is 10.5 Å². The molecule has 10 nitrogen and oxygen atoms in total. The van der Waals surface area contributed by atoms with Crippen molar-refractivity contribution in [2.75, 3.05) is 25.6 Å². The second-order valence-electron chi connectivity index (χ2n) is 9.53. The molecule has 40 heavy (non-hydrogen) atoms. The lowest BCUT2D eigenvalue weighted by Crippen LogP contribution is -2.59. The van der Waals surface area contributed by atoms with Gasteiger partial charge >= 0.3 is 12.0 Å². The van der Waals surface area contributed by atoms with Crippen molar-refractivity contribution in [1.29, 1.82) is 0 Å². The van der Waals surface area contributed by atoms with E-state index in [2.05, 4.69) is 10.6 Å². The van der Waals surface area contributed by atoms with Crippen LogP contribution in [0.1, 0.15) is 21.7 Å². The van der Waals surface area contributed by atoms with Crippen LogP contribution in [-0.4, -0.2) is 74.0 Å². The van der Waals surface area contributed by atoms with Gasteiger partial charge in [0.1, 0.15) is 28.9 Å². The summed E-state index contributed by atoms with van der Waals surface area (Å²) in [4.78, 5) is 25.8. The fourth-order valence-electron chi connectivity index (χ4n) is 4.92. The Balaban J connectivity index is 1.26. The van der Waals surface area contributed by atoms with E-state index < -0.39 is 36.5 Å². The summed E-state index contributed by atoms with van der Waals surface area (Å²) in [5.74, 6) is 0.117. The van der Waals surface area contributed by atoms with Gasteiger partial charge in [0.05, 0.1) is 32.5 Å². The van der Waals surface area contributed by atoms with Gasteiger partial charge in [0, 0.05) is 24.7 Å².